The number of likely N-dealkylation sites (N-methyl/N-ethyl adjacent to an activating group) is 1. The van der Waals surface area contributed by atoms with Gasteiger partial charge in [-0.25, -0.2) is 0 Å². The summed E-state index contributed by atoms with van der Waals surface area (Å²) in [7, 11) is 6.49. The van der Waals surface area contributed by atoms with E-state index < -0.39 is 0 Å². The Bertz CT molecular complexity index is 170. The highest BCUT2D eigenvalue weighted by Gasteiger charge is 2.21. The second kappa shape index (κ2) is 6.46. The van der Waals surface area contributed by atoms with Gasteiger partial charge in [0.2, 0.25) is 0 Å². The summed E-state index contributed by atoms with van der Waals surface area (Å²) < 4.78 is 0. The molecule has 0 aromatic carbocycles. The van der Waals surface area contributed by atoms with E-state index in [1.54, 1.807) is 0 Å². The van der Waals surface area contributed by atoms with Crippen molar-refractivity contribution in [1.29, 1.82) is 0 Å². The lowest BCUT2D eigenvalue weighted by molar-refractivity contribution is 0.177. The first-order valence-corrected chi connectivity index (χ1v) is 6.16. The molecular formula is C12H27N3. The molecule has 1 fully saturated rings. The van der Waals surface area contributed by atoms with E-state index in [0.29, 0.717) is 6.04 Å². The van der Waals surface area contributed by atoms with Crippen LogP contribution in [0.1, 0.15) is 19.8 Å². The van der Waals surface area contributed by atoms with Gasteiger partial charge in [-0.3, -0.25) is 0 Å². The summed E-state index contributed by atoms with van der Waals surface area (Å²) in [6.45, 7) is 7.11. The van der Waals surface area contributed by atoms with Crippen LogP contribution >= 0.6 is 0 Å². The van der Waals surface area contributed by atoms with Gasteiger partial charge in [0.15, 0.2) is 0 Å². The van der Waals surface area contributed by atoms with Crippen molar-refractivity contribution in [1.82, 2.24) is 15.1 Å². The lowest BCUT2D eigenvalue weighted by Gasteiger charge is -2.34. The molecule has 1 saturated heterocycles. The Kier molecular flexibility index (Phi) is 5.58. The molecule has 1 aliphatic rings. The number of hydrogen-bond acceptors (Lipinski definition) is 3. The van der Waals surface area contributed by atoms with Gasteiger partial charge < -0.3 is 15.1 Å². The molecule has 0 radical (unpaired) electrons. The maximum absolute atomic E-state index is 3.64. The molecule has 3 heteroatoms. The van der Waals surface area contributed by atoms with E-state index in [1.807, 2.05) is 0 Å². The number of likely N-dealkylation sites (tertiary alicyclic amines) is 1. The van der Waals surface area contributed by atoms with Gasteiger partial charge in [-0.15, -0.1) is 0 Å². The van der Waals surface area contributed by atoms with Crippen LogP contribution in [0.15, 0.2) is 0 Å². The van der Waals surface area contributed by atoms with Crippen LogP contribution in [0.2, 0.25) is 0 Å². The van der Waals surface area contributed by atoms with E-state index in [2.05, 4.69) is 43.2 Å². The average molecular weight is 213 g/mol. The van der Waals surface area contributed by atoms with Crippen LogP contribution in [0.4, 0.5) is 0 Å². The van der Waals surface area contributed by atoms with Crippen molar-refractivity contribution in [3.8, 4) is 0 Å². The van der Waals surface area contributed by atoms with Crippen LogP contribution in [0.25, 0.3) is 0 Å². The minimum Gasteiger partial charge on any atom is -0.313 e. The van der Waals surface area contributed by atoms with Crippen molar-refractivity contribution in [2.45, 2.75) is 25.8 Å². The summed E-state index contributed by atoms with van der Waals surface area (Å²) in [5.41, 5.74) is 0. The predicted octanol–water partition coefficient (Wildman–Crippen LogP) is 0.868. The minimum atomic E-state index is 0.660. The Balaban J connectivity index is 2.17. The van der Waals surface area contributed by atoms with Gasteiger partial charge in [-0.1, -0.05) is 0 Å². The summed E-state index contributed by atoms with van der Waals surface area (Å²) in [5.74, 6) is 0.839. The van der Waals surface area contributed by atoms with Gasteiger partial charge in [0.25, 0.3) is 0 Å². The van der Waals surface area contributed by atoms with Gasteiger partial charge in [0, 0.05) is 25.7 Å². The lowest BCUT2D eigenvalue weighted by atomic mass is 9.92. The largest absolute Gasteiger partial charge is 0.313 e. The zero-order valence-corrected chi connectivity index (χ0v) is 10.8. The number of hydrogen-bond donors (Lipinski definition) is 1. The molecule has 0 bridgehead atoms. The standard InChI is InChI=1S/C12H27N3/c1-11(13-7-9-14(2)3)12-6-5-8-15(4)10-12/h11-13H,5-10H2,1-4H3. The van der Waals surface area contributed by atoms with Crippen LogP contribution in [0.5, 0.6) is 0 Å². The highest BCUT2D eigenvalue weighted by atomic mass is 15.1. The minimum absolute atomic E-state index is 0.660. The fourth-order valence-electron chi connectivity index (χ4n) is 2.30. The third-order valence-electron chi connectivity index (χ3n) is 3.39. The third-order valence-corrected chi connectivity index (χ3v) is 3.39. The molecule has 1 aliphatic heterocycles. The smallest absolute Gasteiger partial charge is 0.0101 e. The van der Waals surface area contributed by atoms with Crippen molar-refractivity contribution in [3.63, 3.8) is 0 Å². The van der Waals surface area contributed by atoms with Crippen molar-refractivity contribution in [2.24, 2.45) is 5.92 Å². The molecule has 0 aromatic rings. The normalized spacial score (nSPS) is 25.8. The third kappa shape index (κ3) is 4.96. The summed E-state index contributed by atoms with van der Waals surface area (Å²) in [6, 6.07) is 0.660. The molecule has 2 unspecified atom stereocenters. The molecule has 1 rings (SSSR count). The van der Waals surface area contributed by atoms with Crippen LogP contribution in [0, 0.1) is 5.92 Å². The van der Waals surface area contributed by atoms with E-state index in [0.717, 1.165) is 19.0 Å². The zero-order chi connectivity index (χ0) is 11.3. The molecule has 0 aliphatic carbocycles. The number of piperidine rings is 1. The maximum atomic E-state index is 3.64. The molecule has 0 aromatic heterocycles. The Morgan fingerprint density at radius 2 is 2.20 bits per heavy atom. The van der Waals surface area contributed by atoms with Crippen LogP contribution in [-0.4, -0.2) is 63.2 Å². The highest BCUT2D eigenvalue weighted by molar-refractivity contribution is 4.79. The van der Waals surface area contributed by atoms with Gasteiger partial charge in [-0.05, 0) is 53.4 Å². The quantitative estimate of drug-likeness (QED) is 0.731. The summed E-state index contributed by atoms with van der Waals surface area (Å²) >= 11 is 0. The highest BCUT2D eigenvalue weighted by Crippen LogP contribution is 2.18. The number of nitrogens with one attached hydrogen (secondary N) is 1. The van der Waals surface area contributed by atoms with E-state index in [4.69, 9.17) is 0 Å². The van der Waals surface area contributed by atoms with Crippen LogP contribution in [-0.2, 0) is 0 Å². The summed E-state index contributed by atoms with van der Waals surface area (Å²) in [6.07, 6.45) is 2.75. The number of nitrogens with zero attached hydrogens (tertiary/aromatic N) is 2. The molecule has 0 spiro atoms. The topological polar surface area (TPSA) is 18.5 Å². The van der Waals surface area contributed by atoms with E-state index in [9.17, 15) is 0 Å². The van der Waals surface area contributed by atoms with Gasteiger partial charge in [-0.2, -0.15) is 0 Å². The van der Waals surface area contributed by atoms with Crippen molar-refractivity contribution in [3.05, 3.63) is 0 Å². The summed E-state index contributed by atoms with van der Waals surface area (Å²) in [5, 5.41) is 3.64. The second-order valence-electron chi connectivity index (χ2n) is 5.21. The predicted molar refractivity (Wildman–Crippen MR) is 66.2 cm³/mol. The Hall–Kier alpha value is -0.120. The lowest BCUT2D eigenvalue weighted by Crippen LogP contribution is -2.44. The zero-order valence-electron chi connectivity index (χ0n) is 10.8. The molecule has 15 heavy (non-hydrogen) atoms. The molecule has 0 saturated carbocycles. The Morgan fingerprint density at radius 1 is 1.47 bits per heavy atom. The Labute approximate surface area is 94.8 Å². The van der Waals surface area contributed by atoms with E-state index in [1.165, 1.54) is 25.9 Å². The SMILES string of the molecule is CC(NCCN(C)C)C1CCCN(C)C1. The summed E-state index contributed by atoms with van der Waals surface area (Å²) in [4.78, 5) is 4.69. The molecule has 2 atom stereocenters. The van der Waals surface area contributed by atoms with Crippen molar-refractivity contribution >= 4 is 0 Å². The molecule has 0 amide bonds. The number of rotatable bonds is 5. The van der Waals surface area contributed by atoms with Gasteiger partial charge in [0.05, 0.1) is 0 Å². The van der Waals surface area contributed by atoms with Crippen LogP contribution in [0.3, 0.4) is 0 Å². The van der Waals surface area contributed by atoms with Crippen LogP contribution < -0.4 is 5.32 Å². The molecular weight excluding hydrogens is 186 g/mol. The van der Waals surface area contributed by atoms with Gasteiger partial charge in [0.1, 0.15) is 0 Å². The maximum Gasteiger partial charge on any atom is 0.0101 e. The monoisotopic (exact) mass is 213 g/mol. The first kappa shape index (κ1) is 12.9. The first-order chi connectivity index (χ1) is 7.09. The van der Waals surface area contributed by atoms with E-state index >= 15 is 0 Å². The average Bonchev–Trinajstić information content (AvgIpc) is 2.17. The fraction of sp³-hybridized carbons (Fsp3) is 1.00. The van der Waals surface area contributed by atoms with Crippen molar-refractivity contribution in [2.75, 3.05) is 47.3 Å². The molecule has 90 valence electrons. The van der Waals surface area contributed by atoms with E-state index in [-0.39, 0.29) is 0 Å². The molecule has 1 N–H and O–H groups in total. The molecule has 1 heterocycles. The second-order valence-corrected chi connectivity index (χ2v) is 5.21. The van der Waals surface area contributed by atoms with Gasteiger partial charge >= 0.3 is 0 Å². The fourth-order valence-corrected chi connectivity index (χ4v) is 2.30. The molecule has 3 nitrogen and oxygen atoms in total. The first-order valence-electron chi connectivity index (χ1n) is 6.16. The Morgan fingerprint density at radius 3 is 2.80 bits per heavy atom. The van der Waals surface area contributed by atoms with Crippen molar-refractivity contribution < 1.29 is 0 Å².